The fraction of sp³-hybridized carbons (Fsp3) is 0.419. The molecule has 0 spiro atoms. The quantitative estimate of drug-likeness (QED) is 0.511. The van der Waals surface area contributed by atoms with Crippen LogP contribution in [0.3, 0.4) is 0 Å². The van der Waals surface area contributed by atoms with E-state index in [4.69, 9.17) is 9.72 Å². The van der Waals surface area contributed by atoms with Crippen LogP contribution in [-0.4, -0.2) is 63.8 Å². The Morgan fingerprint density at radius 2 is 1.77 bits per heavy atom. The molecule has 8 heteroatoms. The third kappa shape index (κ3) is 4.46. The highest BCUT2D eigenvalue weighted by atomic mass is 16.5. The number of likely N-dealkylation sites (tertiary alicyclic amines) is 1. The van der Waals surface area contributed by atoms with E-state index in [2.05, 4.69) is 34.5 Å². The fourth-order valence-corrected chi connectivity index (χ4v) is 6.71. The van der Waals surface area contributed by atoms with Gasteiger partial charge < -0.3 is 9.64 Å². The predicted octanol–water partition coefficient (Wildman–Crippen LogP) is 3.79. The van der Waals surface area contributed by atoms with Gasteiger partial charge in [-0.15, -0.1) is 0 Å². The third-order valence-electron chi connectivity index (χ3n) is 8.87. The van der Waals surface area contributed by atoms with Crippen LogP contribution in [0.25, 0.3) is 10.9 Å². The molecular weight excluding hydrogens is 492 g/mol. The highest BCUT2D eigenvalue weighted by Crippen LogP contribution is 2.36. The van der Waals surface area contributed by atoms with Gasteiger partial charge in [0.2, 0.25) is 11.8 Å². The summed E-state index contributed by atoms with van der Waals surface area (Å²) in [5.41, 5.74) is 3.71. The molecule has 1 aromatic heterocycles. The van der Waals surface area contributed by atoms with E-state index in [1.807, 2.05) is 30.3 Å². The van der Waals surface area contributed by atoms with Crippen molar-refractivity contribution >= 4 is 28.6 Å². The Morgan fingerprint density at radius 1 is 0.923 bits per heavy atom. The molecule has 0 radical (unpaired) electrons. The molecule has 3 atom stereocenters. The Hall–Kier alpha value is -3.78. The summed E-state index contributed by atoms with van der Waals surface area (Å²) >= 11 is 0. The van der Waals surface area contributed by atoms with E-state index in [1.54, 1.807) is 4.90 Å². The Morgan fingerprint density at radius 3 is 2.64 bits per heavy atom. The number of amides is 3. The van der Waals surface area contributed by atoms with Crippen LogP contribution in [0.1, 0.15) is 66.1 Å². The van der Waals surface area contributed by atoms with Crippen LogP contribution < -0.4 is 10.1 Å². The van der Waals surface area contributed by atoms with E-state index < -0.39 is 6.04 Å². The molecule has 39 heavy (non-hydrogen) atoms. The molecule has 8 nitrogen and oxygen atoms in total. The molecule has 4 heterocycles. The minimum Gasteiger partial charge on any atom is -0.489 e. The van der Waals surface area contributed by atoms with Crippen LogP contribution in [-0.2, 0) is 16.1 Å². The van der Waals surface area contributed by atoms with Gasteiger partial charge in [0.15, 0.2) is 0 Å². The summed E-state index contributed by atoms with van der Waals surface area (Å²) in [6.07, 6.45) is 5.21. The molecule has 1 saturated carbocycles. The highest BCUT2D eigenvalue weighted by molar-refractivity contribution is 6.05. The lowest BCUT2D eigenvalue weighted by Crippen LogP contribution is -2.57. The lowest BCUT2D eigenvalue weighted by molar-refractivity contribution is -0.136. The summed E-state index contributed by atoms with van der Waals surface area (Å²) in [7, 11) is 0. The summed E-state index contributed by atoms with van der Waals surface area (Å²) < 4.78 is 6.59. The van der Waals surface area contributed by atoms with Gasteiger partial charge in [-0.3, -0.25) is 29.6 Å². The lowest BCUT2D eigenvalue weighted by Gasteiger charge is -2.48. The van der Waals surface area contributed by atoms with Crippen LogP contribution in [0, 0.1) is 0 Å². The maximum Gasteiger partial charge on any atom is 0.255 e. The number of carbonyl (C=O) groups is 3. The number of nitrogens with one attached hydrogen (secondary N) is 1. The summed E-state index contributed by atoms with van der Waals surface area (Å²) in [6, 6.07) is 18.0. The number of ether oxygens (including phenoxy) is 1. The molecule has 200 valence electrons. The van der Waals surface area contributed by atoms with E-state index >= 15 is 0 Å². The van der Waals surface area contributed by atoms with Crippen LogP contribution in [0.15, 0.2) is 54.6 Å². The van der Waals surface area contributed by atoms with Crippen molar-refractivity contribution in [2.45, 2.75) is 69.2 Å². The normalized spacial score (nSPS) is 25.9. The van der Waals surface area contributed by atoms with Crippen LogP contribution in [0.5, 0.6) is 5.75 Å². The number of hydrogen-bond donors (Lipinski definition) is 1. The van der Waals surface area contributed by atoms with Gasteiger partial charge in [-0.2, -0.15) is 0 Å². The van der Waals surface area contributed by atoms with Gasteiger partial charge in [0.05, 0.1) is 5.52 Å². The summed E-state index contributed by atoms with van der Waals surface area (Å²) in [6.45, 7) is 2.35. The second-order valence-corrected chi connectivity index (χ2v) is 11.3. The molecule has 4 aliphatic rings. The number of aromatic nitrogens is 1. The number of hydrogen-bond acceptors (Lipinski definition) is 6. The molecular formula is C31H32N4O4. The van der Waals surface area contributed by atoms with Gasteiger partial charge in [-0.1, -0.05) is 30.7 Å². The van der Waals surface area contributed by atoms with Crippen molar-refractivity contribution in [1.82, 2.24) is 20.1 Å². The number of para-hydroxylation sites is 1. The number of piperidine rings is 1. The van der Waals surface area contributed by atoms with E-state index in [9.17, 15) is 14.4 Å². The van der Waals surface area contributed by atoms with Crippen molar-refractivity contribution in [3.05, 3.63) is 71.4 Å². The average Bonchev–Trinajstić information content (AvgIpc) is 3.24. The topological polar surface area (TPSA) is 91.8 Å². The predicted molar refractivity (Wildman–Crippen MR) is 145 cm³/mol. The molecule has 3 fully saturated rings. The molecule has 1 N–H and O–H groups in total. The summed E-state index contributed by atoms with van der Waals surface area (Å²) in [5, 5.41) is 3.54. The molecule has 0 unspecified atom stereocenters. The SMILES string of the molecule is O=C1CC[C@@H](N2Cc3cc(O[C@@H]4CCCC[C@H]4N4CC(c5ccc6ccccc6n5)C4)ccc3C2=O)C(=O)N1. The van der Waals surface area contributed by atoms with Gasteiger partial charge in [0.1, 0.15) is 17.9 Å². The van der Waals surface area contributed by atoms with Crippen LogP contribution in [0.2, 0.25) is 0 Å². The zero-order valence-electron chi connectivity index (χ0n) is 21.8. The molecule has 3 amide bonds. The molecule has 2 aromatic carbocycles. The van der Waals surface area contributed by atoms with E-state index in [-0.39, 0.29) is 30.2 Å². The number of nitrogens with zero attached hydrogens (tertiary/aromatic N) is 3. The van der Waals surface area contributed by atoms with Gasteiger partial charge in [-0.05, 0) is 61.6 Å². The van der Waals surface area contributed by atoms with E-state index in [0.29, 0.717) is 30.5 Å². The second kappa shape index (κ2) is 9.75. The van der Waals surface area contributed by atoms with Crippen molar-refractivity contribution in [2.75, 3.05) is 13.1 Å². The van der Waals surface area contributed by atoms with Crippen molar-refractivity contribution < 1.29 is 19.1 Å². The number of carbonyl (C=O) groups excluding carboxylic acids is 3. The molecule has 3 aromatic rings. The first-order valence-electron chi connectivity index (χ1n) is 14.1. The summed E-state index contributed by atoms with van der Waals surface area (Å²) in [4.78, 5) is 46.0. The zero-order chi connectivity index (χ0) is 26.5. The maximum atomic E-state index is 13.0. The average molecular weight is 525 g/mol. The Labute approximate surface area is 227 Å². The Balaban J connectivity index is 1.02. The second-order valence-electron chi connectivity index (χ2n) is 11.3. The van der Waals surface area contributed by atoms with Crippen LogP contribution >= 0.6 is 0 Å². The Kier molecular flexibility index (Phi) is 6.07. The maximum absolute atomic E-state index is 13.0. The molecule has 0 bridgehead atoms. The van der Waals surface area contributed by atoms with Gasteiger partial charge in [0, 0.05) is 54.7 Å². The molecule has 2 saturated heterocycles. The van der Waals surface area contributed by atoms with Crippen molar-refractivity contribution in [1.29, 1.82) is 0 Å². The first-order chi connectivity index (χ1) is 19.0. The number of fused-ring (bicyclic) bond motifs is 2. The molecule has 1 aliphatic carbocycles. The van der Waals surface area contributed by atoms with Crippen molar-refractivity contribution in [2.24, 2.45) is 0 Å². The van der Waals surface area contributed by atoms with E-state index in [0.717, 1.165) is 49.2 Å². The number of benzene rings is 2. The number of pyridine rings is 1. The first kappa shape index (κ1) is 24.3. The standard InChI is InChI=1S/C31H32N4O4/c36-29-14-13-27(30(37)33-29)35-18-20-15-22(10-11-23(20)31(35)38)39-28-8-4-3-7-26(28)34-16-21(17-34)25-12-9-19-5-1-2-6-24(19)32-25/h1-2,5-6,9-12,15,21,26-28H,3-4,7-8,13-14,16-18H2,(H,33,36,37)/t26-,27-,28-/m1/s1. The van der Waals surface area contributed by atoms with E-state index in [1.165, 1.54) is 17.5 Å². The zero-order valence-corrected chi connectivity index (χ0v) is 21.8. The van der Waals surface area contributed by atoms with Crippen LogP contribution in [0.4, 0.5) is 0 Å². The lowest BCUT2D eigenvalue weighted by atomic mass is 9.85. The monoisotopic (exact) mass is 524 g/mol. The first-order valence-corrected chi connectivity index (χ1v) is 14.1. The largest absolute Gasteiger partial charge is 0.489 e. The number of imide groups is 1. The Bertz CT molecular complexity index is 1470. The van der Waals surface area contributed by atoms with Gasteiger partial charge >= 0.3 is 0 Å². The smallest absolute Gasteiger partial charge is 0.255 e. The summed E-state index contributed by atoms with van der Waals surface area (Å²) in [5.74, 6) is 0.398. The van der Waals surface area contributed by atoms with Crippen molar-refractivity contribution in [3.8, 4) is 5.75 Å². The third-order valence-corrected chi connectivity index (χ3v) is 8.87. The minimum absolute atomic E-state index is 0.102. The molecule has 7 rings (SSSR count). The number of rotatable bonds is 5. The van der Waals surface area contributed by atoms with Crippen molar-refractivity contribution in [3.63, 3.8) is 0 Å². The van der Waals surface area contributed by atoms with Gasteiger partial charge in [-0.25, -0.2) is 0 Å². The highest BCUT2D eigenvalue weighted by Gasteiger charge is 2.41. The molecule has 3 aliphatic heterocycles. The van der Waals surface area contributed by atoms with Gasteiger partial charge in [0.25, 0.3) is 5.91 Å². The fourth-order valence-electron chi connectivity index (χ4n) is 6.71. The minimum atomic E-state index is -0.605.